The average molecular weight is 587 g/mol. The number of hydrogen-bond donors (Lipinski definition) is 2. The van der Waals surface area contributed by atoms with E-state index in [4.69, 9.17) is 10.5 Å². The van der Waals surface area contributed by atoms with Crippen LogP contribution in [-0.4, -0.2) is 59.4 Å². The van der Waals surface area contributed by atoms with Crippen molar-refractivity contribution in [3.8, 4) is 5.75 Å². The molecule has 2 amide bonds. The molecule has 1 unspecified atom stereocenters. The van der Waals surface area contributed by atoms with Gasteiger partial charge in [-0.05, 0) is 93.0 Å². The average Bonchev–Trinajstić information content (AvgIpc) is 3.02. The van der Waals surface area contributed by atoms with Crippen LogP contribution in [0, 0.1) is 12.7 Å². The number of hydrogen-bond acceptors (Lipinski definition) is 5. The summed E-state index contributed by atoms with van der Waals surface area (Å²) in [6, 6.07) is 21.7. The Bertz CT molecular complexity index is 1370. The summed E-state index contributed by atoms with van der Waals surface area (Å²) in [5.41, 5.74) is 9.85. The Balaban J connectivity index is 1.41. The van der Waals surface area contributed by atoms with E-state index in [0.717, 1.165) is 48.1 Å². The van der Waals surface area contributed by atoms with Crippen molar-refractivity contribution in [3.63, 3.8) is 0 Å². The molecule has 228 valence electrons. The highest BCUT2D eigenvalue weighted by atomic mass is 19.1. The molecule has 2 fully saturated rings. The smallest absolute Gasteiger partial charge is 0.254 e. The van der Waals surface area contributed by atoms with Gasteiger partial charge in [0.15, 0.2) is 0 Å². The highest BCUT2D eigenvalue weighted by Gasteiger charge is 2.39. The molecule has 7 nitrogen and oxygen atoms in total. The fourth-order valence-electron chi connectivity index (χ4n) is 6.34. The van der Waals surface area contributed by atoms with Gasteiger partial charge >= 0.3 is 0 Å². The second-order valence-electron chi connectivity index (χ2n) is 12.1. The maximum absolute atomic E-state index is 13.9. The molecule has 1 aliphatic heterocycles. The number of amides is 2. The van der Waals surface area contributed by atoms with Gasteiger partial charge in [0, 0.05) is 43.3 Å². The third-order valence-electron chi connectivity index (χ3n) is 8.89. The molecule has 8 heteroatoms. The van der Waals surface area contributed by atoms with Crippen molar-refractivity contribution in [2.24, 2.45) is 5.73 Å². The number of likely N-dealkylation sites (tertiary alicyclic amines) is 1. The summed E-state index contributed by atoms with van der Waals surface area (Å²) in [5.74, 6) is 0.282. The first-order valence-electron chi connectivity index (χ1n) is 15.3. The topological polar surface area (TPSA) is 87.9 Å². The van der Waals surface area contributed by atoms with Crippen molar-refractivity contribution in [3.05, 3.63) is 101 Å². The summed E-state index contributed by atoms with van der Waals surface area (Å²) in [5, 5.41) is 3.27. The van der Waals surface area contributed by atoms with E-state index in [1.54, 1.807) is 12.0 Å². The van der Waals surface area contributed by atoms with Gasteiger partial charge in [-0.1, -0.05) is 42.0 Å². The van der Waals surface area contributed by atoms with Crippen LogP contribution in [0.1, 0.15) is 65.6 Å². The normalized spacial score (nSPS) is 22.3. The van der Waals surface area contributed by atoms with Gasteiger partial charge in [-0.2, -0.15) is 0 Å². The fraction of sp³-hybridized carbons (Fsp3) is 0.429. The number of piperidine rings is 1. The predicted molar refractivity (Wildman–Crippen MR) is 166 cm³/mol. The monoisotopic (exact) mass is 586 g/mol. The van der Waals surface area contributed by atoms with Crippen LogP contribution in [0.5, 0.6) is 5.75 Å². The van der Waals surface area contributed by atoms with Gasteiger partial charge in [0.05, 0.1) is 7.11 Å². The number of nitrogens with two attached hydrogens (primary N) is 1. The number of nitrogens with zero attached hydrogens (tertiary/aromatic N) is 2. The number of ether oxygens (including phenoxy) is 1. The first-order valence-corrected chi connectivity index (χ1v) is 15.3. The number of aryl methyl sites for hydroxylation is 1. The molecule has 1 heterocycles. The van der Waals surface area contributed by atoms with Crippen molar-refractivity contribution >= 4 is 11.8 Å². The molecule has 1 aliphatic carbocycles. The molecule has 0 aromatic heterocycles. The Morgan fingerprint density at radius 1 is 0.953 bits per heavy atom. The minimum absolute atomic E-state index is 0.0221. The minimum atomic E-state index is -0.607. The van der Waals surface area contributed by atoms with E-state index >= 15 is 0 Å². The van der Waals surface area contributed by atoms with Gasteiger partial charge in [-0.3, -0.25) is 14.5 Å². The van der Waals surface area contributed by atoms with Gasteiger partial charge in [-0.15, -0.1) is 0 Å². The Morgan fingerprint density at radius 2 is 1.65 bits per heavy atom. The van der Waals surface area contributed by atoms with E-state index in [1.807, 2.05) is 61.5 Å². The lowest BCUT2D eigenvalue weighted by Crippen LogP contribution is -2.58. The molecule has 3 N–H and O–H groups in total. The predicted octanol–water partition coefficient (Wildman–Crippen LogP) is 5.20. The number of carbonyl (C=O) groups excluding carboxylic acids is 2. The van der Waals surface area contributed by atoms with Crippen LogP contribution in [0.3, 0.4) is 0 Å². The highest BCUT2D eigenvalue weighted by molar-refractivity contribution is 5.97. The standard InChI is InChI=1S/C35H43FN4O3/c1-24-6-10-27(11-7-24)35(42)40-19-18-31(21-33(40)34(41)38-30-16-14-29(37)15-17-30)39(22-25-8-12-28(36)13-9-25)23-26-4-3-5-32(20-26)43-2/h3-13,20,29-31,33H,14-19,21-23,37H2,1-2H3,(H,38,41)/t29?,30?,31?,33-/m1/s1. The number of methoxy groups -OCH3 is 1. The molecule has 2 atom stereocenters. The van der Waals surface area contributed by atoms with Gasteiger partial charge in [0.1, 0.15) is 17.6 Å². The SMILES string of the molecule is COc1cccc(CN(Cc2ccc(F)cc2)C2CCN(C(=O)c3ccc(C)cc3)[C@@H](C(=O)NC3CCC(N)CC3)C2)c1. The van der Waals surface area contributed by atoms with Crippen LogP contribution in [-0.2, 0) is 17.9 Å². The largest absolute Gasteiger partial charge is 0.497 e. The molecule has 1 saturated carbocycles. The lowest BCUT2D eigenvalue weighted by Gasteiger charge is -2.43. The van der Waals surface area contributed by atoms with Crippen LogP contribution in [0.4, 0.5) is 4.39 Å². The Hall–Kier alpha value is -3.75. The van der Waals surface area contributed by atoms with E-state index in [2.05, 4.69) is 16.3 Å². The van der Waals surface area contributed by atoms with Gasteiger partial charge in [0.2, 0.25) is 5.91 Å². The molecular formula is C35H43FN4O3. The third kappa shape index (κ3) is 8.00. The Labute approximate surface area is 254 Å². The summed E-state index contributed by atoms with van der Waals surface area (Å²) in [7, 11) is 1.65. The van der Waals surface area contributed by atoms with Crippen molar-refractivity contribution in [2.45, 2.75) is 82.7 Å². The molecule has 2 aliphatic rings. The van der Waals surface area contributed by atoms with E-state index in [1.165, 1.54) is 12.1 Å². The second kappa shape index (κ2) is 14.1. The van der Waals surface area contributed by atoms with Crippen molar-refractivity contribution in [2.75, 3.05) is 13.7 Å². The van der Waals surface area contributed by atoms with Gasteiger partial charge in [0.25, 0.3) is 5.91 Å². The van der Waals surface area contributed by atoms with E-state index in [9.17, 15) is 14.0 Å². The molecule has 0 radical (unpaired) electrons. The summed E-state index contributed by atoms with van der Waals surface area (Å²) in [6.07, 6.45) is 4.68. The van der Waals surface area contributed by atoms with Crippen molar-refractivity contribution in [1.82, 2.24) is 15.1 Å². The van der Waals surface area contributed by atoms with E-state index in [0.29, 0.717) is 38.0 Å². The minimum Gasteiger partial charge on any atom is -0.497 e. The first kappa shape index (κ1) is 30.7. The van der Waals surface area contributed by atoms with Crippen LogP contribution in [0.2, 0.25) is 0 Å². The van der Waals surface area contributed by atoms with Crippen LogP contribution in [0.15, 0.2) is 72.8 Å². The third-order valence-corrected chi connectivity index (χ3v) is 8.89. The summed E-state index contributed by atoms with van der Waals surface area (Å²) in [6.45, 7) is 3.66. The molecule has 5 rings (SSSR count). The molecule has 0 bridgehead atoms. The molecule has 1 saturated heterocycles. The summed E-state index contributed by atoms with van der Waals surface area (Å²) in [4.78, 5) is 31.8. The Kier molecular flexibility index (Phi) is 10.1. The second-order valence-corrected chi connectivity index (χ2v) is 12.1. The summed E-state index contributed by atoms with van der Waals surface area (Å²) < 4.78 is 19.2. The fourth-order valence-corrected chi connectivity index (χ4v) is 6.34. The number of benzene rings is 3. The maximum atomic E-state index is 13.9. The number of rotatable bonds is 9. The van der Waals surface area contributed by atoms with Crippen LogP contribution < -0.4 is 15.8 Å². The van der Waals surface area contributed by atoms with E-state index in [-0.39, 0.29) is 35.8 Å². The van der Waals surface area contributed by atoms with E-state index < -0.39 is 6.04 Å². The van der Waals surface area contributed by atoms with Crippen molar-refractivity contribution < 1.29 is 18.7 Å². The number of carbonyl (C=O) groups is 2. The zero-order valence-corrected chi connectivity index (χ0v) is 25.2. The van der Waals surface area contributed by atoms with Gasteiger partial charge in [-0.25, -0.2) is 4.39 Å². The lowest BCUT2D eigenvalue weighted by molar-refractivity contribution is -0.128. The zero-order chi connectivity index (χ0) is 30.3. The molecule has 0 spiro atoms. The lowest BCUT2D eigenvalue weighted by atomic mass is 9.90. The molecular weight excluding hydrogens is 543 g/mol. The summed E-state index contributed by atoms with van der Waals surface area (Å²) >= 11 is 0. The van der Waals surface area contributed by atoms with Gasteiger partial charge < -0.3 is 20.7 Å². The Morgan fingerprint density at radius 3 is 2.35 bits per heavy atom. The molecule has 3 aromatic carbocycles. The van der Waals surface area contributed by atoms with Crippen LogP contribution in [0.25, 0.3) is 0 Å². The quantitative estimate of drug-likeness (QED) is 0.360. The van der Waals surface area contributed by atoms with Crippen LogP contribution >= 0.6 is 0 Å². The molecule has 43 heavy (non-hydrogen) atoms. The maximum Gasteiger partial charge on any atom is 0.254 e. The number of halogens is 1. The van der Waals surface area contributed by atoms with Crippen molar-refractivity contribution in [1.29, 1.82) is 0 Å². The molecule has 3 aromatic rings. The zero-order valence-electron chi connectivity index (χ0n) is 25.2. The number of nitrogens with one attached hydrogen (secondary N) is 1. The first-order chi connectivity index (χ1) is 20.8. The highest BCUT2D eigenvalue weighted by Crippen LogP contribution is 2.28.